The van der Waals surface area contributed by atoms with Gasteiger partial charge in [-0.05, 0) is 279 Å². The Kier molecular flexibility index (Phi) is 50.6. The maximum absolute atomic E-state index is 13.1. The molecule has 0 radical (unpaired) electrons. The molecule has 0 bridgehead atoms. The molecule has 12 aromatic carbocycles. The molecule has 12 rings (SSSR count). The predicted octanol–water partition coefficient (Wildman–Crippen LogP) is 26.0. The number of nitrogens with one attached hydrogen (secondary N) is 2. The summed E-state index contributed by atoms with van der Waals surface area (Å²) < 4.78 is 69.6. The highest BCUT2D eigenvalue weighted by molar-refractivity contribution is 8.00. The number of amides is 2. The molecule has 0 aliphatic carbocycles. The number of aliphatic hydroxyl groups excluding tert-OH is 3. The Morgan fingerprint density at radius 2 is 0.477 bits per heavy atom. The molecule has 6 unspecified atom stereocenters. The third kappa shape index (κ3) is 44.0. The summed E-state index contributed by atoms with van der Waals surface area (Å²) in [6.07, 6.45) is -5.18. The van der Waals surface area contributed by atoms with Crippen LogP contribution in [0.4, 0.5) is 9.59 Å². The van der Waals surface area contributed by atoms with Crippen molar-refractivity contribution in [1.29, 1.82) is 0 Å². The van der Waals surface area contributed by atoms with Crippen LogP contribution in [0.25, 0.3) is 0 Å². The van der Waals surface area contributed by atoms with Crippen LogP contribution < -0.4 is 39.1 Å². The van der Waals surface area contributed by atoms with Crippen LogP contribution in [-0.4, -0.2) is 195 Å². The monoisotopic (exact) mass is 2250 g/mol. The minimum absolute atomic E-state index is 0.000539. The molecule has 0 aliphatic heterocycles. The maximum atomic E-state index is 13.1. The fourth-order valence-corrected chi connectivity index (χ4v) is 19.4. The topological polar surface area (TPSA) is 298 Å². The highest BCUT2D eigenvalue weighted by atomic mass is 35.5. The fraction of sp³-hybridized carbons (Fsp3) is 0.263. The molecular formula is C114H114Cl6N2O21S6. The number of aliphatic hydroxyl groups is 3. The van der Waals surface area contributed by atoms with E-state index >= 15 is 0 Å². The number of carbonyl (C=O) groups excluding carboxylic acids is 6. The zero-order valence-electron chi connectivity index (χ0n) is 81.8. The maximum Gasteiger partial charge on any atom is 0.407 e. The Hall–Kier alpha value is -11.2. The molecule has 35 heteroatoms. The molecule has 0 aliphatic rings. The van der Waals surface area contributed by atoms with E-state index in [1.807, 2.05) is 255 Å². The highest BCUT2D eigenvalue weighted by Gasteiger charge is 2.26. The third-order valence-electron chi connectivity index (χ3n) is 21.3. The van der Waals surface area contributed by atoms with Crippen LogP contribution in [0.3, 0.4) is 0 Å². The smallest absolute Gasteiger partial charge is 0.407 e. The average molecular weight is 2250 g/mol. The average Bonchev–Trinajstić information content (AvgIpc) is 0.804. The normalized spacial score (nSPS) is 12.6. The Bertz CT molecular complexity index is 5610. The fourth-order valence-electron chi connectivity index (χ4n) is 13.6. The first kappa shape index (κ1) is 118. The SMILES string of the molecule is C=C(C)C(=O)OCCCC(=O)OC(COc1ccc(C(c2ccc(OCC(CSc3ccc(Cl)cc3)OC(=O)NCCOC(=O)C(=C)C)cc2)c2ccc(OCC(CSc3ccc(Cl)cc3)OC(=O)NCCOC(=O)C(=C)C)cc2)cc1)CSc1ccc(Cl)cc1.OC(COc1ccc(C(c2ccc(OCC(O)CSc3ccc(Cl)cc3)cc2)c2ccc(OCC(O)CSc3ccc(Cl)cc3)cc2)cc1)CSc1ccc(Cl)cc1. The van der Waals surface area contributed by atoms with E-state index in [2.05, 4.69) is 30.4 Å². The van der Waals surface area contributed by atoms with Crippen LogP contribution in [0.2, 0.25) is 30.1 Å². The van der Waals surface area contributed by atoms with Crippen molar-refractivity contribution in [1.82, 2.24) is 10.6 Å². The van der Waals surface area contributed by atoms with Crippen LogP contribution in [0.15, 0.2) is 357 Å². The molecule has 0 heterocycles. The molecule has 0 saturated carbocycles. The summed E-state index contributed by atoms with van der Waals surface area (Å²) >= 11 is 45.4. The number of hydrogen-bond acceptors (Lipinski definition) is 27. The van der Waals surface area contributed by atoms with E-state index in [9.17, 15) is 44.1 Å². The summed E-state index contributed by atoms with van der Waals surface area (Å²) in [5.74, 6) is 3.42. The van der Waals surface area contributed by atoms with Crippen molar-refractivity contribution < 1.29 is 101 Å². The van der Waals surface area contributed by atoms with Gasteiger partial charge in [0, 0.05) is 129 Å². The summed E-state index contributed by atoms with van der Waals surface area (Å²) in [7, 11) is 0. The molecular weight excluding hydrogens is 2140 g/mol. The van der Waals surface area contributed by atoms with Gasteiger partial charge in [-0.3, -0.25) is 4.79 Å². The van der Waals surface area contributed by atoms with E-state index in [1.54, 1.807) is 78.6 Å². The summed E-state index contributed by atoms with van der Waals surface area (Å²) in [6, 6.07) is 91.0. The van der Waals surface area contributed by atoms with E-state index < -0.39 is 72.7 Å². The van der Waals surface area contributed by atoms with Gasteiger partial charge in [0.2, 0.25) is 0 Å². The molecule has 0 fully saturated rings. The molecule has 0 spiro atoms. The van der Waals surface area contributed by atoms with Gasteiger partial charge in [0.05, 0.1) is 38.0 Å². The van der Waals surface area contributed by atoms with Crippen LogP contribution in [0.1, 0.15) is 78.8 Å². The van der Waals surface area contributed by atoms with Crippen LogP contribution in [0, 0.1) is 0 Å². The Morgan fingerprint density at radius 3 is 0.698 bits per heavy atom. The van der Waals surface area contributed by atoms with E-state index in [0.29, 0.717) is 99.1 Å². The Labute approximate surface area is 924 Å². The molecule has 5 N–H and O–H groups in total. The van der Waals surface area contributed by atoms with Gasteiger partial charge in [0.1, 0.15) is 106 Å². The number of alkyl carbamates (subject to hydrolysis) is 2. The summed E-state index contributed by atoms with van der Waals surface area (Å²) in [5, 5.41) is 40.8. The van der Waals surface area contributed by atoms with Crippen molar-refractivity contribution >= 4 is 176 Å². The van der Waals surface area contributed by atoms with Gasteiger partial charge in [-0.25, -0.2) is 24.0 Å². The van der Waals surface area contributed by atoms with E-state index in [-0.39, 0.29) is 114 Å². The largest absolute Gasteiger partial charge is 0.491 e. The lowest BCUT2D eigenvalue weighted by molar-refractivity contribution is -0.150. The number of ether oxygens (including phenoxy) is 12. The number of thioether (sulfide) groups is 6. The number of benzene rings is 12. The van der Waals surface area contributed by atoms with Gasteiger partial charge in [0.25, 0.3) is 0 Å². The Morgan fingerprint density at radius 1 is 0.275 bits per heavy atom. The van der Waals surface area contributed by atoms with Crippen molar-refractivity contribution in [2.24, 2.45) is 0 Å². The predicted molar refractivity (Wildman–Crippen MR) is 598 cm³/mol. The molecule has 2 amide bonds. The second-order valence-electron chi connectivity index (χ2n) is 33.6. The number of rotatable bonds is 58. The number of hydrogen-bond donors (Lipinski definition) is 5. The number of esters is 4. The van der Waals surface area contributed by atoms with Crippen molar-refractivity contribution in [3.8, 4) is 34.5 Å². The first-order valence-corrected chi connectivity index (χ1v) is 55.4. The van der Waals surface area contributed by atoms with E-state index in [4.69, 9.17) is 126 Å². The lowest BCUT2D eigenvalue weighted by Gasteiger charge is -2.22. The second-order valence-corrected chi connectivity index (χ2v) is 42.7. The summed E-state index contributed by atoms with van der Waals surface area (Å²) in [6.45, 7) is 15.8. The first-order valence-electron chi connectivity index (χ1n) is 47.2. The van der Waals surface area contributed by atoms with E-state index in [0.717, 1.165) is 62.8 Å². The highest BCUT2D eigenvalue weighted by Crippen LogP contribution is 2.39. The van der Waals surface area contributed by atoms with E-state index in [1.165, 1.54) is 49.1 Å². The quantitative estimate of drug-likeness (QED) is 0.00591. The molecule has 149 heavy (non-hydrogen) atoms. The molecule has 6 atom stereocenters. The van der Waals surface area contributed by atoms with Crippen molar-refractivity contribution in [3.63, 3.8) is 0 Å². The van der Waals surface area contributed by atoms with Gasteiger partial charge in [-0.15, -0.1) is 70.6 Å². The van der Waals surface area contributed by atoms with Crippen LogP contribution >= 0.6 is 140 Å². The van der Waals surface area contributed by atoms with Crippen molar-refractivity contribution in [2.75, 3.05) is 107 Å². The summed E-state index contributed by atoms with van der Waals surface area (Å²) in [4.78, 5) is 80.4. The zero-order chi connectivity index (χ0) is 106. The molecule has 0 aromatic heterocycles. The van der Waals surface area contributed by atoms with Gasteiger partial charge in [0.15, 0.2) is 0 Å². The minimum atomic E-state index is -0.715. The Balaban J connectivity index is 0.000000311. The minimum Gasteiger partial charge on any atom is -0.491 e. The third-order valence-corrected chi connectivity index (χ3v) is 29.7. The first-order chi connectivity index (χ1) is 71.9. The molecule has 784 valence electrons. The molecule has 23 nitrogen and oxygen atoms in total. The number of halogens is 6. The standard InChI is InChI=1S/C68H71Cl3N2O15S3.C46H43Cl3O6S3/c1-44(2)64(75)80-35-7-8-62(74)86-56(41-89-59-27-15-50(69)16-28-59)38-83-53-21-9-47(10-22-53)63(48-11-23-54(24-12-48)84-39-57(42-90-60-29-17-51(70)18-30-60)87-67(78)72-33-36-81-65(76)45(3)4)49-13-25-55(26-14-49)85-40-58(43-91-61-31-19-52(71)20-32-61)88-68(79)73-34-37-82-66(77)46(5)6;47-34-7-19-43(20-8-34)56-28-37(50)25-53-40-13-1-31(2-14-40)46(32-3-15-41(16-4-32)54-26-38(51)29-57-44-21-9-35(48)10-22-44)33-5-17-42(18-6-33)55-27-39(52)30-58-45-23-11-36(49)12-24-45/h9-32,56-58,63H,1,3,5,7-8,33-43H2,2,4,6H3,(H,72,78)(H,73,79);1-24,37-39,46,50-52H,25-30H2. The van der Waals surface area contributed by atoms with Gasteiger partial charge in [-0.1, -0.05) is 162 Å². The van der Waals surface area contributed by atoms with Crippen LogP contribution in [0.5, 0.6) is 34.5 Å². The van der Waals surface area contributed by atoms with Crippen molar-refractivity contribution in [3.05, 3.63) is 391 Å². The van der Waals surface area contributed by atoms with Gasteiger partial charge < -0.3 is 82.8 Å². The summed E-state index contributed by atoms with van der Waals surface area (Å²) in [5.41, 5.74) is 6.54. The van der Waals surface area contributed by atoms with Gasteiger partial charge in [-0.2, -0.15) is 0 Å². The van der Waals surface area contributed by atoms with Crippen molar-refractivity contribution in [2.45, 2.75) is 111 Å². The zero-order valence-corrected chi connectivity index (χ0v) is 91.2. The molecule has 0 saturated heterocycles. The second kappa shape index (κ2) is 63.8. The lowest BCUT2D eigenvalue weighted by atomic mass is 9.85. The van der Waals surface area contributed by atoms with Gasteiger partial charge >= 0.3 is 36.1 Å². The molecule has 12 aromatic rings. The van der Waals surface area contributed by atoms with Crippen LogP contribution in [-0.2, 0) is 47.6 Å². The number of carbonyl (C=O) groups is 6. The lowest BCUT2D eigenvalue weighted by Crippen LogP contribution is -2.35.